The van der Waals surface area contributed by atoms with Gasteiger partial charge in [-0.3, -0.25) is 0 Å². The van der Waals surface area contributed by atoms with Crippen molar-refractivity contribution in [3.63, 3.8) is 0 Å². The molecule has 0 aliphatic carbocycles. The van der Waals surface area contributed by atoms with E-state index in [4.69, 9.17) is 9.47 Å². The maximum atomic E-state index is 12.2. The highest BCUT2D eigenvalue weighted by atomic mass is 16.6. The maximum Gasteiger partial charge on any atom is 0.410 e. The lowest BCUT2D eigenvalue weighted by Gasteiger charge is -2.35. The zero-order valence-corrected chi connectivity index (χ0v) is 13.9. The lowest BCUT2D eigenvalue weighted by Crippen LogP contribution is -2.54. The molecule has 1 aliphatic heterocycles. The highest BCUT2D eigenvalue weighted by Gasteiger charge is 2.27. The minimum absolute atomic E-state index is 0.230. The second-order valence-electron chi connectivity index (χ2n) is 6.63. The summed E-state index contributed by atoms with van der Waals surface area (Å²) >= 11 is 0. The Bertz CT molecular complexity index is 511. The second-order valence-corrected chi connectivity index (χ2v) is 6.63. The summed E-state index contributed by atoms with van der Waals surface area (Å²) < 4.78 is 10.7. The summed E-state index contributed by atoms with van der Waals surface area (Å²) in [5, 5.41) is 3.46. The van der Waals surface area contributed by atoms with Gasteiger partial charge >= 0.3 is 6.09 Å². The molecule has 0 radical (unpaired) electrons. The molecule has 1 N–H and O–H groups in total. The van der Waals surface area contributed by atoms with E-state index in [9.17, 15) is 4.79 Å². The van der Waals surface area contributed by atoms with E-state index in [-0.39, 0.29) is 12.1 Å². The molecule has 0 spiro atoms. The van der Waals surface area contributed by atoms with Crippen LogP contribution in [-0.2, 0) is 11.2 Å². The predicted molar refractivity (Wildman–Crippen MR) is 86.3 cm³/mol. The average Bonchev–Trinajstić information content (AvgIpc) is 2.46. The minimum atomic E-state index is -0.454. The number of rotatable bonds is 3. The third-order valence-electron chi connectivity index (χ3n) is 3.52. The number of ether oxygens (including phenoxy) is 2. The zero-order chi connectivity index (χ0) is 16.2. The third kappa shape index (κ3) is 4.91. The van der Waals surface area contributed by atoms with Crippen molar-refractivity contribution >= 4 is 6.09 Å². The molecule has 5 heteroatoms. The smallest absolute Gasteiger partial charge is 0.410 e. The molecule has 1 amide bonds. The molecule has 1 atom stereocenters. The lowest BCUT2D eigenvalue weighted by molar-refractivity contribution is 0.0195. The number of amides is 1. The minimum Gasteiger partial charge on any atom is -0.497 e. The molecular weight excluding hydrogens is 280 g/mol. The topological polar surface area (TPSA) is 50.8 Å². The van der Waals surface area contributed by atoms with Crippen LogP contribution in [-0.4, -0.2) is 49.4 Å². The Morgan fingerprint density at radius 1 is 1.41 bits per heavy atom. The summed E-state index contributed by atoms with van der Waals surface area (Å²) in [4.78, 5) is 14.0. The molecule has 1 heterocycles. The average molecular weight is 306 g/mol. The summed E-state index contributed by atoms with van der Waals surface area (Å²) in [5.41, 5.74) is 0.743. The lowest BCUT2D eigenvalue weighted by atomic mass is 10.0. The Balaban J connectivity index is 1.94. The Kier molecular flexibility index (Phi) is 5.29. The van der Waals surface area contributed by atoms with Crippen molar-refractivity contribution in [2.45, 2.75) is 38.8 Å². The fraction of sp³-hybridized carbons (Fsp3) is 0.588. The number of carbonyl (C=O) groups is 1. The molecule has 0 bridgehead atoms. The first-order valence-electron chi connectivity index (χ1n) is 7.71. The van der Waals surface area contributed by atoms with E-state index in [0.717, 1.165) is 18.7 Å². The van der Waals surface area contributed by atoms with E-state index in [1.54, 1.807) is 12.0 Å². The van der Waals surface area contributed by atoms with Crippen LogP contribution < -0.4 is 10.1 Å². The summed E-state index contributed by atoms with van der Waals surface area (Å²) in [6.07, 6.45) is 0.626. The SMILES string of the molecule is COc1cccc(CC2CN(C(=O)OC(C)(C)C)CCN2)c1. The van der Waals surface area contributed by atoms with Gasteiger partial charge in [-0.05, 0) is 44.9 Å². The molecule has 2 rings (SSSR count). The van der Waals surface area contributed by atoms with Crippen LogP contribution in [0.5, 0.6) is 5.75 Å². The van der Waals surface area contributed by atoms with Gasteiger partial charge in [0.1, 0.15) is 11.4 Å². The summed E-state index contributed by atoms with van der Waals surface area (Å²) in [6, 6.07) is 8.27. The molecule has 1 unspecified atom stereocenters. The van der Waals surface area contributed by atoms with Crippen LogP contribution in [0.1, 0.15) is 26.3 Å². The van der Waals surface area contributed by atoms with Crippen molar-refractivity contribution in [3.8, 4) is 5.75 Å². The van der Waals surface area contributed by atoms with Gasteiger partial charge in [0.05, 0.1) is 7.11 Å². The number of carbonyl (C=O) groups excluding carboxylic acids is 1. The normalized spacial score (nSPS) is 18.9. The molecular formula is C17H26N2O3. The largest absolute Gasteiger partial charge is 0.497 e. The number of hydrogen-bond donors (Lipinski definition) is 1. The van der Waals surface area contributed by atoms with Crippen LogP contribution in [0.2, 0.25) is 0 Å². The molecule has 1 aromatic carbocycles. The standard InChI is InChI=1S/C17H26N2O3/c1-17(2,3)22-16(20)19-9-8-18-14(12-19)10-13-6-5-7-15(11-13)21-4/h5-7,11,14,18H,8-10,12H2,1-4H3. The summed E-state index contributed by atoms with van der Waals surface area (Å²) in [5.74, 6) is 0.859. The number of nitrogens with one attached hydrogen (secondary N) is 1. The summed E-state index contributed by atoms with van der Waals surface area (Å²) in [7, 11) is 1.67. The van der Waals surface area contributed by atoms with Crippen LogP contribution in [0.25, 0.3) is 0 Å². The van der Waals surface area contributed by atoms with Crippen LogP contribution in [0.4, 0.5) is 4.79 Å². The quantitative estimate of drug-likeness (QED) is 0.932. The molecule has 22 heavy (non-hydrogen) atoms. The van der Waals surface area contributed by atoms with Gasteiger partial charge in [-0.15, -0.1) is 0 Å². The van der Waals surface area contributed by atoms with Gasteiger partial charge < -0.3 is 19.7 Å². The van der Waals surface area contributed by atoms with E-state index in [1.807, 2.05) is 39.0 Å². The van der Waals surface area contributed by atoms with Gasteiger partial charge in [-0.2, -0.15) is 0 Å². The van der Waals surface area contributed by atoms with E-state index < -0.39 is 5.60 Å². The van der Waals surface area contributed by atoms with Gasteiger partial charge in [0.15, 0.2) is 0 Å². The van der Waals surface area contributed by atoms with E-state index in [1.165, 1.54) is 5.56 Å². The molecule has 1 aromatic rings. The highest BCUT2D eigenvalue weighted by Crippen LogP contribution is 2.16. The second kappa shape index (κ2) is 7.01. The van der Waals surface area contributed by atoms with Crippen molar-refractivity contribution in [2.24, 2.45) is 0 Å². The van der Waals surface area contributed by atoms with Gasteiger partial charge in [-0.25, -0.2) is 4.79 Å². The molecule has 1 fully saturated rings. The first-order chi connectivity index (χ1) is 10.4. The van der Waals surface area contributed by atoms with E-state index in [2.05, 4.69) is 11.4 Å². The van der Waals surface area contributed by atoms with Crippen LogP contribution in [0, 0.1) is 0 Å². The van der Waals surface area contributed by atoms with Crippen molar-refractivity contribution in [1.82, 2.24) is 10.2 Å². The van der Waals surface area contributed by atoms with Gasteiger partial charge in [0.2, 0.25) is 0 Å². The molecule has 5 nitrogen and oxygen atoms in total. The molecule has 0 aromatic heterocycles. The van der Waals surface area contributed by atoms with Crippen LogP contribution >= 0.6 is 0 Å². The van der Waals surface area contributed by atoms with Crippen molar-refractivity contribution in [2.75, 3.05) is 26.7 Å². The van der Waals surface area contributed by atoms with E-state index in [0.29, 0.717) is 13.1 Å². The Morgan fingerprint density at radius 2 is 2.18 bits per heavy atom. The van der Waals surface area contributed by atoms with Gasteiger partial charge in [0.25, 0.3) is 0 Å². The Hall–Kier alpha value is -1.75. The maximum absolute atomic E-state index is 12.2. The van der Waals surface area contributed by atoms with Crippen LogP contribution in [0.15, 0.2) is 24.3 Å². The van der Waals surface area contributed by atoms with Crippen molar-refractivity contribution in [3.05, 3.63) is 29.8 Å². The number of piperazine rings is 1. The molecule has 122 valence electrons. The summed E-state index contributed by atoms with van der Waals surface area (Å²) in [6.45, 7) is 7.80. The Morgan fingerprint density at radius 3 is 2.86 bits per heavy atom. The molecule has 1 aliphatic rings. The number of methoxy groups -OCH3 is 1. The predicted octanol–water partition coefficient (Wildman–Crippen LogP) is 2.45. The fourth-order valence-electron chi connectivity index (χ4n) is 2.54. The van der Waals surface area contributed by atoms with E-state index >= 15 is 0 Å². The first kappa shape index (κ1) is 16.6. The fourth-order valence-corrected chi connectivity index (χ4v) is 2.54. The first-order valence-corrected chi connectivity index (χ1v) is 7.71. The van der Waals surface area contributed by atoms with Gasteiger partial charge in [-0.1, -0.05) is 12.1 Å². The Labute approximate surface area is 132 Å². The zero-order valence-electron chi connectivity index (χ0n) is 13.9. The monoisotopic (exact) mass is 306 g/mol. The van der Waals surface area contributed by atoms with Crippen molar-refractivity contribution < 1.29 is 14.3 Å². The van der Waals surface area contributed by atoms with Gasteiger partial charge in [0, 0.05) is 25.7 Å². The number of hydrogen-bond acceptors (Lipinski definition) is 4. The number of nitrogens with zero attached hydrogens (tertiary/aromatic N) is 1. The van der Waals surface area contributed by atoms with Crippen molar-refractivity contribution in [1.29, 1.82) is 0 Å². The van der Waals surface area contributed by atoms with Crippen LogP contribution in [0.3, 0.4) is 0 Å². The molecule has 1 saturated heterocycles. The number of benzene rings is 1. The molecule has 0 saturated carbocycles. The highest BCUT2D eigenvalue weighted by molar-refractivity contribution is 5.68. The third-order valence-corrected chi connectivity index (χ3v) is 3.52.